The predicted octanol–water partition coefficient (Wildman–Crippen LogP) is 3.42. The van der Waals surface area contributed by atoms with Crippen LogP contribution in [0.2, 0.25) is 5.02 Å². The Hall–Kier alpha value is -2.81. The Labute approximate surface area is 172 Å². The van der Waals surface area contributed by atoms with Crippen molar-refractivity contribution in [3.8, 4) is 0 Å². The molecule has 1 atom stereocenters. The summed E-state index contributed by atoms with van der Waals surface area (Å²) in [6.45, 7) is 0.396. The van der Waals surface area contributed by atoms with Crippen LogP contribution in [-0.2, 0) is 4.79 Å². The number of aliphatic hydroxyl groups excluding tert-OH is 1. The van der Waals surface area contributed by atoms with Gasteiger partial charge >= 0.3 is 0 Å². The Morgan fingerprint density at radius 1 is 1.21 bits per heavy atom. The third-order valence-corrected chi connectivity index (χ3v) is 4.39. The summed E-state index contributed by atoms with van der Waals surface area (Å²) in [5, 5.41) is 16.4. The number of rotatable bonds is 7. The van der Waals surface area contributed by atoms with E-state index in [-0.39, 0.29) is 17.4 Å². The topological polar surface area (TPSA) is 90.4 Å². The Morgan fingerprint density at radius 2 is 1.97 bits per heavy atom. The molecule has 0 aliphatic heterocycles. The number of nitrogens with one attached hydrogen (secondary N) is 2. The molecule has 0 saturated heterocycles. The molecule has 29 heavy (non-hydrogen) atoms. The van der Waals surface area contributed by atoms with Gasteiger partial charge in [0.25, 0.3) is 0 Å². The van der Waals surface area contributed by atoms with Crippen molar-refractivity contribution in [2.24, 2.45) is 0 Å². The van der Waals surface area contributed by atoms with Gasteiger partial charge in [-0.2, -0.15) is 0 Å². The summed E-state index contributed by atoms with van der Waals surface area (Å²) in [7, 11) is 3.65. The molecule has 1 aromatic heterocycles. The normalized spacial score (nSPS) is 12.2. The monoisotopic (exact) mass is 417 g/mol. The summed E-state index contributed by atoms with van der Waals surface area (Å²) in [5.41, 5.74) is 1.79. The van der Waals surface area contributed by atoms with E-state index in [1.165, 1.54) is 18.5 Å². The summed E-state index contributed by atoms with van der Waals surface area (Å²) in [5.74, 6) is -0.317. The van der Waals surface area contributed by atoms with Crippen molar-refractivity contribution in [1.82, 2.24) is 14.9 Å². The van der Waals surface area contributed by atoms with Gasteiger partial charge in [-0.3, -0.25) is 4.79 Å². The minimum absolute atomic E-state index is 0.00223. The van der Waals surface area contributed by atoms with Gasteiger partial charge in [0.2, 0.25) is 5.91 Å². The number of amides is 1. The molecule has 0 saturated carbocycles. The number of carbonyl (C=O) groups is 1. The molecule has 1 heterocycles. The zero-order valence-corrected chi connectivity index (χ0v) is 16.7. The number of aliphatic hydroxyl groups is 1. The third-order valence-electron chi connectivity index (χ3n) is 4.10. The fraction of sp³-hybridized carbons (Fsp3) is 0.250. The van der Waals surface area contributed by atoms with Crippen LogP contribution in [0.15, 0.2) is 42.7 Å². The second-order valence-corrected chi connectivity index (χ2v) is 7.28. The maximum atomic E-state index is 13.4. The number of carbonyl (C=O) groups excluding carboxylic acids is 1. The Balaban J connectivity index is 1.80. The number of likely N-dealkylation sites (N-methyl/N-ethyl adjacent to an activating group) is 1. The average molecular weight is 418 g/mol. The smallest absolute Gasteiger partial charge is 0.227 e. The first-order valence-corrected chi connectivity index (χ1v) is 9.29. The van der Waals surface area contributed by atoms with E-state index in [1.54, 1.807) is 24.3 Å². The van der Waals surface area contributed by atoms with Crippen LogP contribution >= 0.6 is 11.6 Å². The second kappa shape index (κ2) is 9.13. The van der Waals surface area contributed by atoms with Crippen molar-refractivity contribution < 1.29 is 14.3 Å². The molecule has 152 valence electrons. The number of fused-ring (bicyclic) bond motifs is 1. The molecule has 3 N–H and O–H groups in total. The minimum atomic E-state index is -0.755. The van der Waals surface area contributed by atoms with E-state index in [2.05, 4.69) is 20.6 Å². The number of benzene rings is 2. The molecule has 2 aromatic carbocycles. The molecular weight excluding hydrogens is 397 g/mol. The number of nitrogens with zero attached hydrogens (tertiary/aromatic N) is 3. The van der Waals surface area contributed by atoms with Crippen LogP contribution in [0.3, 0.4) is 0 Å². The molecule has 0 fully saturated rings. The lowest BCUT2D eigenvalue weighted by Gasteiger charge is -2.15. The predicted molar refractivity (Wildman–Crippen MR) is 112 cm³/mol. The van der Waals surface area contributed by atoms with Crippen molar-refractivity contribution in [1.29, 1.82) is 0 Å². The van der Waals surface area contributed by atoms with E-state index in [0.29, 0.717) is 34.6 Å². The molecule has 3 rings (SSSR count). The van der Waals surface area contributed by atoms with Crippen molar-refractivity contribution in [3.05, 3.63) is 53.6 Å². The van der Waals surface area contributed by atoms with E-state index in [9.17, 15) is 14.3 Å². The van der Waals surface area contributed by atoms with Crippen LogP contribution in [0.25, 0.3) is 10.9 Å². The highest BCUT2D eigenvalue weighted by Crippen LogP contribution is 2.27. The maximum Gasteiger partial charge on any atom is 0.227 e. The molecule has 0 aliphatic rings. The Bertz CT molecular complexity index is 1030. The lowest BCUT2D eigenvalue weighted by Crippen LogP contribution is -2.29. The Kier molecular flexibility index (Phi) is 6.58. The van der Waals surface area contributed by atoms with Gasteiger partial charge in [-0.15, -0.1) is 0 Å². The van der Waals surface area contributed by atoms with Gasteiger partial charge in [0, 0.05) is 23.3 Å². The standard InChI is InChI=1S/C20H21ClFN5O2/c1-27(2)10-14(28)9-19(29)25-12-4-6-18-15(7-12)20(24-11-23-18)26-13-3-5-17(22)16(21)8-13/h3-8,11,14,28H,9-10H2,1-2H3,(H,25,29)(H,23,24,26). The first-order chi connectivity index (χ1) is 13.8. The van der Waals surface area contributed by atoms with Crippen LogP contribution in [0.1, 0.15) is 6.42 Å². The van der Waals surface area contributed by atoms with Crippen LogP contribution in [0.5, 0.6) is 0 Å². The number of hydrogen-bond acceptors (Lipinski definition) is 6. The van der Waals surface area contributed by atoms with Gasteiger partial charge in [0.1, 0.15) is 18.0 Å². The quantitative estimate of drug-likeness (QED) is 0.545. The zero-order valence-electron chi connectivity index (χ0n) is 16.0. The van der Waals surface area contributed by atoms with E-state index in [4.69, 9.17) is 11.6 Å². The highest BCUT2D eigenvalue weighted by Gasteiger charge is 2.13. The van der Waals surface area contributed by atoms with E-state index >= 15 is 0 Å². The van der Waals surface area contributed by atoms with Crippen molar-refractivity contribution in [3.63, 3.8) is 0 Å². The largest absolute Gasteiger partial charge is 0.391 e. The van der Waals surface area contributed by atoms with Crippen LogP contribution in [0.4, 0.5) is 21.6 Å². The van der Waals surface area contributed by atoms with E-state index < -0.39 is 11.9 Å². The van der Waals surface area contributed by atoms with Gasteiger partial charge in [-0.25, -0.2) is 14.4 Å². The van der Waals surface area contributed by atoms with Crippen molar-refractivity contribution >= 4 is 45.6 Å². The van der Waals surface area contributed by atoms with Crippen LogP contribution < -0.4 is 10.6 Å². The Morgan fingerprint density at radius 3 is 2.69 bits per heavy atom. The van der Waals surface area contributed by atoms with Crippen LogP contribution in [0, 0.1) is 5.82 Å². The van der Waals surface area contributed by atoms with E-state index in [1.807, 2.05) is 19.0 Å². The number of aromatic nitrogens is 2. The number of hydrogen-bond donors (Lipinski definition) is 3. The van der Waals surface area contributed by atoms with Gasteiger partial charge in [0.15, 0.2) is 0 Å². The third kappa shape index (κ3) is 5.60. The molecule has 0 spiro atoms. The molecule has 0 bridgehead atoms. The fourth-order valence-corrected chi connectivity index (χ4v) is 3.04. The zero-order chi connectivity index (χ0) is 21.0. The average Bonchev–Trinajstić information content (AvgIpc) is 2.64. The summed E-state index contributed by atoms with van der Waals surface area (Å²) in [4.78, 5) is 22.5. The molecule has 1 amide bonds. The molecule has 1 unspecified atom stereocenters. The van der Waals surface area contributed by atoms with E-state index in [0.717, 1.165) is 0 Å². The summed E-state index contributed by atoms with van der Waals surface area (Å²) in [6, 6.07) is 9.49. The highest BCUT2D eigenvalue weighted by atomic mass is 35.5. The first-order valence-electron chi connectivity index (χ1n) is 8.91. The molecule has 9 heteroatoms. The highest BCUT2D eigenvalue weighted by molar-refractivity contribution is 6.31. The molecule has 3 aromatic rings. The van der Waals surface area contributed by atoms with Crippen molar-refractivity contribution in [2.45, 2.75) is 12.5 Å². The molecule has 7 nitrogen and oxygen atoms in total. The van der Waals surface area contributed by atoms with Gasteiger partial charge in [-0.05, 0) is 50.5 Å². The second-order valence-electron chi connectivity index (χ2n) is 6.88. The molecule has 0 radical (unpaired) electrons. The van der Waals surface area contributed by atoms with Crippen LogP contribution in [-0.4, -0.2) is 52.6 Å². The SMILES string of the molecule is CN(C)CC(O)CC(=O)Nc1ccc2ncnc(Nc3ccc(F)c(Cl)c3)c2c1. The lowest BCUT2D eigenvalue weighted by atomic mass is 10.2. The summed E-state index contributed by atoms with van der Waals surface area (Å²) in [6.07, 6.45) is 0.640. The molecular formula is C20H21ClFN5O2. The minimum Gasteiger partial charge on any atom is -0.391 e. The number of halogens is 2. The maximum absolute atomic E-state index is 13.4. The van der Waals surface area contributed by atoms with Gasteiger partial charge < -0.3 is 20.6 Å². The van der Waals surface area contributed by atoms with Gasteiger partial charge in [-0.1, -0.05) is 11.6 Å². The van der Waals surface area contributed by atoms with Gasteiger partial charge in [0.05, 0.1) is 23.1 Å². The summed E-state index contributed by atoms with van der Waals surface area (Å²) < 4.78 is 13.4. The fourth-order valence-electron chi connectivity index (χ4n) is 2.86. The van der Waals surface area contributed by atoms with Crippen molar-refractivity contribution in [2.75, 3.05) is 31.3 Å². The summed E-state index contributed by atoms with van der Waals surface area (Å²) >= 11 is 5.84. The number of anilines is 3. The first kappa shape index (κ1) is 20.9. The molecule has 0 aliphatic carbocycles. The lowest BCUT2D eigenvalue weighted by molar-refractivity contribution is -0.118.